The van der Waals surface area contributed by atoms with Crippen LogP contribution in [0.5, 0.6) is 0 Å². The lowest BCUT2D eigenvalue weighted by atomic mass is 10.1. The topological polar surface area (TPSA) is 17.8 Å². The Morgan fingerprint density at radius 1 is 1.27 bits per heavy atom. The highest BCUT2D eigenvalue weighted by Gasteiger charge is 1.97. The Hall–Kier alpha value is -1.57. The Morgan fingerprint density at radius 3 is 2.73 bits per heavy atom. The fraction of sp³-hybridized carbons (Fsp3) is 0.308. The van der Waals surface area contributed by atoms with Crippen molar-refractivity contribution in [2.24, 2.45) is 0 Å². The van der Waals surface area contributed by atoms with Gasteiger partial charge in [-0.3, -0.25) is 0 Å². The zero-order valence-electron chi connectivity index (χ0n) is 8.98. The monoisotopic (exact) mass is 199 g/mol. The molecule has 2 nitrogen and oxygen atoms in total. The first-order valence-electron chi connectivity index (χ1n) is 5.30. The van der Waals surface area contributed by atoms with Gasteiger partial charge in [-0.25, -0.2) is 4.98 Å². The zero-order valence-corrected chi connectivity index (χ0v) is 8.98. The molecule has 0 unspecified atom stereocenters. The molecule has 1 aromatic heterocycles. The number of rotatable bonds is 4. The molecule has 77 valence electrons. The van der Waals surface area contributed by atoms with E-state index in [1.54, 1.807) is 0 Å². The van der Waals surface area contributed by atoms with Crippen molar-refractivity contribution < 1.29 is 0 Å². The van der Waals surface area contributed by atoms with Gasteiger partial charge in [0.1, 0.15) is 12.0 Å². The molecular formula is C13H15N2. The lowest BCUT2D eigenvalue weighted by Gasteiger charge is -2.04. The molecule has 0 atom stereocenters. The Balaban J connectivity index is 1.83. The maximum Gasteiger partial charge on any atom is 0.109 e. The van der Waals surface area contributed by atoms with Gasteiger partial charge in [0.25, 0.3) is 0 Å². The van der Waals surface area contributed by atoms with Crippen LogP contribution in [0.2, 0.25) is 0 Å². The predicted molar refractivity (Wildman–Crippen MR) is 60.6 cm³/mol. The van der Waals surface area contributed by atoms with Crippen molar-refractivity contribution in [2.75, 3.05) is 0 Å². The predicted octanol–water partition coefficient (Wildman–Crippen LogP) is 2.62. The molecule has 1 heterocycles. The molecule has 0 aliphatic rings. The molecule has 0 aliphatic carbocycles. The summed E-state index contributed by atoms with van der Waals surface area (Å²) in [6, 6.07) is 10.6. The van der Waals surface area contributed by atoms with Crippen LogP contribution in [-0.4, -0.2) is 9.55 Å². The van der Waals surface area contributed by atoms with Gasteiger partial charge in [-0.2, -0.15) is 0 Å². The average molecular weight is 199 g/mol. The minimum absolute atomic E-state index is 1.03. The van der Waals surface area contributed by atoms with E-state index in [2.05, 4.69) is 46.1 Å². The van der Waals surface area contributed by atoms with Gasteiger partial charge in [0, 0.05) is 12.7 Å². The van der Waals surface area contributed by atoms with Crippen LogP contribution >= 0.6 is 0 Å². The third-order valence-corrected chi connectivity index (χ3v) is 2.56. The van der Waals surface area contributed by atoms with Gasteiger partial charge in [-0.1, -0.05) is 30.3 Å². The van der Waals surface area contributed by atoms with E-state index >= 15 is 0 Å². The molecule has 1 aromatic carbocycles. The van der Waals surface area contributed by atoms with Crippen LogP contribution in [0.1, 0.15) is 17.8 Å². The first-order valence-corrected chi connectivity index (χ1v) is 5.30. The Kier molecular flexibility index (Phi) is 3.18. The lowest BCUT2D eigenvalue weighted by molar-refractivity contribution is 0.626. The van der Waals surface area contributed by atoms with E-state index in [0.29, 0.717) is 0 Å². The minimum atomic E-state index is 1.03. The molecule has 2 aromatic rings. The number of nitrogens with zero attached hydrogens (tertiary/aromatic N) is 2. The molecule has 2 rings (SSSR count). The molecule has 0 spiro atoms. The number of hydrogen-bond donors (Lipinski definition) is 0. The number of aryl methyl sites for hydroxylation is 3. The third-order valence-electron chi connectivity index (χ3n) is 2.56. The first-order chi connectivity index (χ1) is 7.36. The van der Waals surface area contributed by atoms with E-state index in [-0.39, 0.29) is 0 Å². The quantitative estimate of drug-likeness (QED) is 0.740. The molecule has 0 bridgehead atoms. The lowest BCUT2D eigenvalue weighted by Crippen LogP contribution is -2.00. The van der Waals surface area contributed by atoms with Crippen molar-refractivity contribution >= 4 is 0 Å². The summed E-state index contributed by atoms with van der Waals surface area (Å²) in [5, 5.41) is 0. The van der Waals surface area contributed by atoms with Gasteiger partial charge >= 0.3 is 0 Å². The van der Waals surface area contributed by atoms with E-state index in [9.17, 15) is 0 Å². The number of benzene rings is 1. The average Bonchev–Trinajstić information content (AvgIpc) is 2.66. The highest BCUT2D eigenvalue weighted by Crippen LogP contribution is 2.04. The van der Waals surface area contributed by atoms with E-state index in [0.717, 1.165) is 25.2 Å². The van der Waals surface area contributed by atoms with Crippen LogP contribution in [0, 0.1) is 13.1 Å². The Labute approximate surface area is 90.6 Å². The van der Waals surface area contributed by atoms with Crippen LogP contribution in [0.25, 0.3) is 0 Å². The number of imidazole rings is 1. The highest BCUT2D eigenvalue weighted by molar-refractivity contribution is 5.14. The van der Waals surface area contributed by atoms with Crippen molar-refractivity contribution in [3.8, 4) is 0 Å². The molecule has 0 fully saturated rings. The van der Waals surface area contributed by atoms with Gasteiger partial charge in [-0.15, -0.1) is 0 Å². The van der Waals surface area contributed by atoms with Crippen molar-refractivity contribution in [1.29, 1.82) is 0 Å². The standard InChI is InChI=1S/C13H15N2/c1-12-14-9-11-15(12)10-5-8-13-6-3-2-4-7-13/h2-4,6-7,11H,5,8,10H2,1H3. The van der Waals surface area contributed by atoms with Gasteiger partial charge in [-0.05, 0) is 25.3 Å². The molecule has 0 N–H and O–H groups in total. The van der Waals surface area contributed by atoms with Crippen molar-refractivity contribution in [3.05, 3.63) is 54.1 Å². The van der Waals surface area contributed by atoms with Crippen molar-refractivity contribution in [2.45, 2.75) is 26.3 Å². The SMILES string of the molecule is Cc1n[c]cn1CCCc1ccccc1. The summed E-state index contributed by atoms with van der Waals surface area (Å²) < 4.78 is 2.14. The van der Waals surface area contributed by atoms with E-state index < -0.39 is 0 Å². The van der Waals surface area contributed by atoms with Gasteiger partial charge < -0.3 is 4.57 Å². The number of hydrogen-bond acceptors (Lipinski definition) is 1. The van der Waals surface area contributed by atoms with Gasteiger partial charge in [0.15, 0.2) is 0 Å². The Bertz CT molecular complexity index is 403. The van der Waals surface area contributed by atoms with Gasteiger partial charge in [0.05, 0.1) is 0 Å². The fourth-order valence-corrected chi connectivity index (χ4v) is 1.67. The zero-order chi connectivity index (χ0) is 10.5. The summed E-state index contributed by atoms with van der Waals surface area (Å²) in [6.07, 6.45) is 7.05. The molecule has 0 saturated heterocycles. The van der Waals surface area contributed by atoms with Crippen LogP contribution in [-0.2, 0) is 13.0 Å². The second kappa shape index (κ2) is 4.78. The van der Waals surface area contributed by atoms with Crippen molar-refractivity contribution in [3.63, 3.8) is 0 Å². The highest BCUT2D eigenvalue weighted by atomic mass is 15.0. The second-order valence-corrected chi connectivity index (χ2v) is 3.70. The van der Waals surface area contributed by atoms with Crippen LogP contribution in [0.15, 0.2) is 36.5 Å². The minimum Gasteiger partial charge on any atom is -0.334 e. The van der Waals surface area contributed by atoms with Gasteiger partial charge in [0.2, 0.25) is 0 Å². The summed E-state index contributed by atoms with van der Waals surface area (Å²) in [4.78, 5) is 4.08. The summed E-state index contributed by atoms with van der Waals surface area (Å²) in [7, 11) is 0. The van der Waals surface area contributed by atoms with E-state index in [1.807, 2.05) is 13.1 Å². The van der Waals surface area contributed by atoms with Crippen LogP contribution in [0.4, 0.5) is 0 Å². The summed E-state index contributed by atoms with van der Waals surface area (Å²) in [6.45, 7) is 3.04. The molecule has 15 heavy (non-hydrogen) atoms. The summed E-state index contributed by atoms with van der Waals surface area (Å²) in [5.74, 6) is 1.04. The maximum atomic E-state index is 4.08. The summed E-state index contributed by atoms with van der Waals surface area (Å²) in [5.41, 5.74) is 1.40. The van der Waals surface area contributed by atoms with E-state index in [1.165, 1.54) is 5.56 Å². The molecular weight excluding hydrogens is 184 g/mol. The van der Waals surface area contributed by atoms with Crippen LogP contribution < -0.4 is 0 Å². The second-order valence-electron chi connectivity index (χ2n) is 3.70. The molecule has 0 saturated carbocycles. The molecule has 0 amide bonds. The van der Waals surface area contributed by atoms with Crippen LogP contribution in [0.3, 0.4) is 0 Å². The maximum absolute atomic E-state index is 4.08. The smallest absolute Gasteiger partial charge is 0.109 e. The number of aromatic nitrogens is 2. The largest absolute Gasteiger partial charge is 0.334 e. The molecule has 0 aliphatic heterocycles. The van der Waals surface area contributed by atoms with Crippen molar-refractivity contribution in [1.82, 2.24) is 9.55 Å². The normalized spacial score (nSPS) is 10.5. The third kappa shape index (κ3) is 2.69. The molecule has 1 radical (unpaired) electrons. The summed E-state index contributed by atoms with van der Waals surface area (Å²) >= 11 is 0. The molecule has 2 heteroatoms. The van der Waals surface area contributed by atoms with E-state index in [4.69, 9.17) is 0 Å². The fourth-order valence-electron chi connectivity index (χ4n) is 1.67. The first kappa shape index (κ1) is 9.97. The Morgan fingerprint density at radius 2 is 2.07 bits per heavy atom.